The zero-order valence-corrected chi connectivity index (χ0v) is 18.3. The quantitative estimate of drug-likeness (QED) is 0.307. The average molecular weight is 510 g/mol. The SMILES string of the molecule is CCc1nncn1CCNC(=NC)NCc1ccc(OC)cc1OC(F)F.I. The minimum absolute atomic E-state index is 0. The lowest BCUT2D eigenvalue weighted by molar-refractivity contribution is -0.0505. The molecule has 0 bridgehead atoms. The van der Waals surface area contributed by atoms with E-state index in [2.05, 4.69) is 30.6 Å². The molecule has 0 unspecified atom stereocenters. The number of methoxy groups -OCH3 is 1. The zero-order chi connectivity index (χ0) is 19.6. The lowest BCUT2D eigenvalue weighted by Crippen LogP contribution is -2.38. The third-order valence-corrected chi connectivity index (χ3v) is 3.82. The third-order valence-electron chi connectivity index (χ3n) is 3.82. The first-order valence-corrected chi connectivity index (χ1v) is 8.50. The normalized spacial score (nSPS) is 11.1. The van der Waals surface area contributed by atoms with Crippen molar-refractivity contribution in [3.8, 4) is 11.5 Å². The number of alkyl halides is 2. The molecule has 1 heterocycles. The van der Waals surface area contributed by atoms with Crippen LogP contribution in [0.3, 0.4) is 0 Å². The Labute approximate surface area is 179 Å². The van der Waals surface area contributed by atoms with Crippen molar-refractivity contribution in [2.75, 3.05) is 20.7 Å². The van der Waals surface area contributed by atoms with Gasteiger partial charge in [-0.2, -0.15) is 8.78 Å². The number of aryl methyl sites for hydroxylation is 1. The lowest BCUT2D eigenvalue weighted by Gasteiger charge is -2.15. The fraction of sp³-hybridized carbons (Fsp3) is 0.471. The monoisotopic (exact) mass is 510 g/mol. The Hall–Kier alpha value is -2.18. The Kier molecular flexibility index (Phi) is 10.5. The highest BCUT2D eigenvalue weighted by molar-refractivity contribution is 14.0. The van der Waals surface area contributed by atoms with E-state index in [9.17, 15) is 8.78 Å². The Morgan fingerprint density at radius 1 is 1.32 bits per heavy atom. The maximum Gasteiger partial charge on any atom is 0.387 e. The van der Waals surface area contributed by atoms with Gasteiger partial charge in [-0.3, -0.25) is 4.99 Å². The number of guanidine groups is 1. The second-order valence-corrected chi connectivity index (χ2v) is 5.50. The van der Waals surface area contributed by atoms with Crippen molar-refractivity contribution in [1.29, 1.82) is 0 Å². The highest BCUT2D eigenvalue weighted by Crippen LogP contribution is 2.26. The smallest absolute Gasteiger partial charge is 0.387 e. The molecule has 2 N–H and O–H groups in total. The molecule has 0 aliphatic heterocycles. The molecule has 28 heavy (non-hydrogen) atoms. The topological polar surface area (TPSA) is 85.6 Å². The summed E-state index contributed by atoms with van der Waals surface area (Å²) in [6, 6.07) is 4.78. The zero-order valence-electron chi connectivity index (χ0n) is 16.0. The molecule has 0 atom stereocenters. The Bertz CT molecular complexity index is 757. The number of benzene rings is 1. The number of halogens is 3. The fourth-order valence-corrected chi connectivity index (χ4v) is 2.45. The molecule has 2 aromatic rings. The molecule has 1 aromatic heterocycles. The second kappa shape index (κ2) is 12.3. The molecule has 0 aliphatic rings. The number of ether oxygens (including phenoxy) is 2. The molecule has 0 saturated carbocycles. The predicted octanol–water partition coefficient (Wildman–Crippen LogP) is 2.43. The molecule has 156 valence electrons. The first kappa shape index (κ1) is 23.9. The Morgan fingerprint density at radius 2 is 2.11 bits per heavy atom. The van der Waals surface area contributed by atoms with Crippen molar-refractivity contribution in [2.45, 2.75) is 33.0 Å². The standard InChI is InChI=1S/C17H24F2N6O2.HI/c1-4-15-24-23-11-25(15)8-7-21-17(20-2)22-10-12-5-6-13(26-3)9-14(12)27-16(18)19;/h5-6,9,11,16H,4,7-8,10H2,1-3H3,(H2,20,21,22);1H. The van der Waals surface area contributed by atoms with Crippen LogP contribution in [0.25, 0.3) is 0 Å². The largest absolute Gasteiger partial charge is 0.497 e. The van der Waals surface area contributed by atoms with Crippen molar-refractivity contribution in [1.82, 2.24) is 25.4 Å². The van der Waals surface area contributed by atoms with E-state index in [1.807, 2.05) is 11.5 Å². The summed E-state index contributed by atoms with van der Waals surface area (Å²) >= 11 is 0. The number of nitrogens with zero attached hydrogens (tertiary/aromatic N) is 4. The van der Waals surface area contributed by atoms with Crippen molar-refractivity contribution < 1.29 is 18.3 Å². The summed E-state index contributed by atoms with van der Waals surface area (Å²) < 4.78 is 36.9. The molecule has 0 radical (unpaired) electrons. The van der Waals surface area contributed by atoms with Gasteiger partial charge in [0.25, 0.3) is 0 Å². The Morgan fingerprint density at radius 3 is 2.75 bits per heavy atom. The van der Waals surface area contributed by atoms with Crippen molar-refractivity contribution in [2.24, 2.45) is 4.99 Å². The van der Waals surface area contributed by atoms with Crippen LogP contribution in [0.5, 0.6) is 11.5 Å². The van der Waals surface area contributed by atoms with Gasteiger partial charge in [0, 0.05) is 44.7 Å². The molecular formula is C17H25F2IN6O2. The van der Waals surface area contributed by atoms with Crippen LogP contribution in [-0.4, -0.2) is 48.0 Å². The maximum atomic E-state index is 12.6. The van der Waals surface area contributed by atoms with E-state index in [0.717, 1.165) is 12.2 Å². The van der Waals surface area contributed by atoms with Gasteiger partial charge < -0.3 is 24.7 Å². The van der Waals surface area contributed by atoms with Crippen LogP contribution in [0.4, 0.5) is 8.78 Å². The van der Waals surface area contributed by atoms with E-state index >= 15 is 0 Å². The van der Waals surface area contributed by atoms with Gasteiger partial charge in [-0.15, -0.1) is 34.2 Å². The maximum absolute atomic E-state index is 12.6. The van der Waals surface area contributed by atoms with Crippen molar-refractivity contribution >= 4 is 29.9 Å². The minimum atomic E-state index is -2.91. The summed E-state index contributed by atoms with van der Waals surface area (Å²) in [6.07, 6.45) is 2.49. The summed E-state index contributed by atoms with van der Waals surface area (Å²) in [6.45, 7) is 0.651. The van der Waals surface area contributed by atoms with Crippen molar-refractivity contribution in [3.63, 3.8) is 0 Å². The molecule has 8 nitrogen and oxygen atoms in total. The summed E-state index contributed by atoms with van der Waals surface area (Å²) in [5.41, 5.74) is 0.561. The molecule has 1 aromatic carbocycles. The molecule has 0 saturated heterocycles. The second-order valence-electron chi connectivity index (χ2n) is 5.50. The molecule has 0 spiro atoms. The fourth-order valence-electron chi connectivity index (χ4n) is 2.45. The first-order valence-electron chi connectivity index (χ1n) is 8.50. The van der Waals surface area contributed by atoms with Gasteiger partial charge in [-0.1, -0.05) is 6.92 Å². The van der Waals surface area contributed by atoms with E-state index < -0.39 is 6.61 Å². The predicted molar refractivity (Wildman–Crippen MR) is 113 cm³/mol. The van der Waals surface area contributed by atoms with Gasteiger partial charge in [0.15, 0.2) is 5.96 Å². The summed E-state index contributed by atoms with van der Waals surface area (Å²) in [4.78, 5) is 4.13. The summed E-state index contributed by atoms with van der Waals surface area (Å²) in [7, 11) is 3.10. The van der Waals surface area contributed by atoms with Crippen LogP contribution in [0.2, 0.25) is 0 Å². The van der Waals surface area contributed by atoms with Crippen LogP contribution in [0, 0.1) is 0 Å². The van der Waals surface area contributed by atoms with Crippen LogP contribution in [-0.2, 0) is 19.5 Å². The van der Waals surface area contributed by atoms with Crippen LogP contribution >= 0.6 is 24.0 Å². The highest BCUT2D eigenvalue weighted by Gasteiger charge is 2.12. The number of hydrogen-bond acceptors (Lipinski definition) is 5. The van der Waals surface area contributed by atoms with E-state index in [0.29, 0.717) is 30.4 Å². The summed E-state index contributed by atoms with van der Waals surface area (Å²) in [5, 5.41) is 14.2. The lowest BCUT2D eigenvalue weighted by atomic mass is 10.2. The van der Waals surface area contributed by atoms with E-state index in [1.54, 1.807) is 25.5 Å². The third kappa shape index (κ3) is 7.09. The van der Waals surface area contributed by atoms with E-state index in [-0.39, 0.29) is 36.3 Å². The van der Waals surface area contributed by atoms with Gasteiger partial charge in [0.1, 0.15) is 23.7 Å². The van der Waals surface area contributed by atoms with E-state index in [4.69, 9.17) is 4.74 Å². The van der Waals surface area contributed by atoms with Crippen LogP contribution < -0.4 is 20.1 Å². The molecule has 11 heteroatoms. The molecule has 0 fully saturated rings. The van der Waals surface area contributed by atoms with Gasteiger partial charge in [-0.25, -0.2) is 0 Å². The van der Waals surface area contributed by atoms with Gasteiger partial charge in [0.2, 0.25) is 0 Å². The highest BCUT2D eigenvalue weighted by atomic mass is 127. The van der Waals surface area contributed by atoms with Gasteiger partial charge in [0.05, 0.1) is 7.11 Å². The first-order chi connectivity index (χ1) is 13.1. The molecule has 0 aliphatic carbocycles. The molecule has 0 amide bonds. The number of hydrogen-bond donors (Lipinski definition) is 2. The summed E-state index contributed by atoms with van der Waals surface area (Å²) in [5.74, 6) is 1.95. The van der Waals surface area contributed by atoms with E-state index in [1.165, 1.54) is 13.2 Å². The minimum Gasteiger partial charge on any atom is -0.497 e. The number of rotatable bonds is 9. The number of aromatic nitrogens is 3. The Balaban J connectivity index is 0.00000392. The molecular weight excluding hydrogens is 485 g/mol. The van der Waals surface area contributed by atoms with Gasteiger partial charge in [-0.05, 0) is 12.1 Å². The number of nitrogens with one attached hydrogen (secondary N) is 2. The molecule has 2 rings (SSSR count). The average Bonchev–Trinajstić information content (AvgIpc) is 3.12. The van der Waals surface area contributed by atoms with Crippen LogP contribution in [0.1, 0.15) is 18.3 Å². The van der Waals surface area contributed by atoms with Crippen LogP contribution in [0.15, 0.2) is 29.5 Å². The number of aliphatic imine (C=N–C) groups is 1. The van der Waals surface area contributed by atoms with Gasteiger partial charge >= 0.3 is 6.61 Å². The van der Waals surface area contributed by atoms with Crippen molar-refractivity contribution in [3.05, 3.63) is 35.9 Å².